The van der Waals surface area contributed by atoms with E-state index in [0.717, 1.165) is 10.8 Å². The lowest BCUT2D eigenvalue weighted by Gasteiger charge is -2.04. The Morgan fingerprint density at radius 1 is 1.46 bits per heavy atom. The molecule has 13 heavy (non-hydrogen) atoms. The van der Waals surface area contributed by atoms with Crippen LogP contribution in [0.2, 0.25) is 0 Å². The van der Waals surface area contributed by atoms with Crippen LogP contribution in [0.5, 0.6) is 5.75 Å². The molecule has 1 aliphatic rings. The number of thioether (sulfide) groups is 1. The van der Waals surface area contributed by atoms with Crippen molar-refractivity contribution in [2.75, 3.05) is 6.26 Å². The van der Waals surface area contributed by atoms with Crippen molar-refractivity contribution in [1.29, 1.82) is 0 Å². The largest absolute Gasteiger partial charge is 0.507 e. The highest BCUT2D eigenvalue weighted by molar-refractivity contribution is 7.98. The molecule has 1 nitrogen and oxygen atoms in total. The summed E-state index contributed by atoms with van der Waals surface area (Å²) < 4.78 is 0. The van der Waals surface area contributed by atoms with Gasteiger partial charge in [0.1, 0.15) is 5.75 Å². The van der Waals surface area contributed by atoms with Crippen LogP contribution in [0.1, 0.15) is 18.4 Å². The zero-order valence-corrected chi connectivity index (χ0v) is 8.60. The fourth-order valence-electron chi connectivity index (χ4n) is 1.50. The molecule has 0 spiro atoms. The molecule has 2 rings (SSSR count). The summed E-state index contributed by atoms with van der Waals surface area (Å²) >= 11 is 1.61. The first-order valence-electron chi connectivity index (χ1n) is 4.65. The fraction of sp³-hybridized carbons (Fsp3) is 0.455. The summed E-state index contributed by atoms with van der Waals surface area (Å²) in [5.41, 5.74) is 1.37. The molecule has 2 heteroatoms. The van der Waals surface area contributed by atoms with Crippen LogP contribution in [0.25, 0.3) is 0 Å². The van der Waals surface area contributed by atoms with Crippen LogP contribution in [0.15, 0.2) is 23.1 Å². The van der Waals surface area contributed by atoms with Gasteiger partial charge in [-0.2, -0.15) is 0 Å². The number of benzene rings is 1. The van der Waals surface area contributed by atoms with Crippen LogP contribution in [0.4, 0.5) is 0 Å². The van der Waals surface area contributed by atoms with Gasteiger partial charge in [0.05, 0.1) is 0 Å². The van der Waals surface area contributed by atoms with Crippen LogP contribution < -0.4 is 0 Å². The quantitative estimate of drug-likeness (QED) is 0.746. The molecule has 1 saturated carbocycles. The zero-order chi connectivity index (χ0) is 9.26. The molecule has 0 aliphatic heterocycles. The van der Waals surface area contributed by atoms with Gasteiger partial charge in [0.15, 0.2) is 0 Å². The van der Waals surface area contributed by atoms with Gasteiger partial charge < -0.3 is 5.11 Å². The molecule has 0 amide bonds. The van der Waals surface area contributed by atoms with Crippen LogP contribution in [-0.2, 0) is 6.42 Å². The van der Waals surface area contributed by atoms with E-state index >= 15 is 0 Å². The van der Waals surface area contributed by atoms with Crippen LogP contribution in [0, 0.1) is 5.92 Å². The van der Waals surface area contributed by atoms with E-state index in [4.69, 9.17) is 0 Å². The third kappa shape index (κ3) is 2.19. The molecule has 1 fully saturated rings. The standard InChI is InChI=1S/C11H14OS/c1-13-11-7-9(4-5-10(11)12)6-8-2-3-8/h4-5,7-8,12H,2-3,6H2,1H3. The Morgan fingerprint density at radius 2 is 2.23 bits per heavy atom. The number of hydrogen-bond donors (Lipinski definition) is 1. The van der Waals surface area contributed by atoms with Crippen molar-refractivity contribution in [3.8, 4) is 5.75 Å². The van der Waals surface area contributed by atoms with Gasteiger partial charge in [0.2, 0.25) is 0 Å². The lowest BCUT2D eigenvalue weighted by atomic mass is 10.1. The van der Waals surface area contributed by atoms with Crippen molar-refractivity contribution < 1.29 is 5.11 Å². The highest BCUT2D eigenvalue weighted by atomic mass is 32.2. The van der Waals surface area contributed by atoms with Gasteiger partial charge in [0.25, 0.3) is 0 Å². The number of phenolic OH excluding ortho intramolecular Hbond substituents is 1. The number of rotatable bonds is 3. The molecule has 0 unspecified atom stereocenters. The molecule has 0 radical (unpaired) electrons. The van der Waals surface area contributed by atoms with Crippen LogP contribution >= 0.6 is 11.8 Å². The van der Waals surface area contributed by atoms with Gasteiger partial charge in [-0.05, 0) is 49.1 Å². The highest BCUT2D eigenvalue weighted by Crippen LogP contribution is 2.34. The topological polar surface area (TPSA) is 20.2 Å². The summed E-state index contributed by atoms with van der Waals surface area (Å²) in [4.78, 5) is 0.998. The van der Waals surface area contributed by atoms with Gasteiger partial charge >= 0.3 is 0 Å². The van der Waals surface area contributed by atoms with Crippen LogP contribution in [0.3, 0.4) is 0 Å². The van der Waals surface area contributed by atoms with Crippen molar-refractivity contribution in [2.24, 2.45) is 5.92 Å². The fourth-order valence-corrected chi connectivity index (χ4v) is 2.05. The SMILES string of the molecule is CSc1cc(CC2CC2)ccc1O. The van der Waals surface area contributed by atoms with Gasteiger partial charge in [0, 0.05) is 4.90 Å². The minimum absolute atomic E-state index is 0.409. The average Bonchev–Trinajstić information content (AvgIpc) is 2.92. The first-order valence-corrected chi connectivity index (χ1v) is 5.88. The second kappa shape index (κ2) is 3.62. The maximum absolute atomic E-state index is 9.46. The molecule has 1 N–H and O–H groups in total. The van der Waals surface area contributed by atoms with Crippen LogP contribution in [-0.4, -0.2) is 11.4 Å². The van der Waals surface area contributed by atoms with E-state index in [9.17, 15) is 5.11 Å². The molecule has 1 aromatic rings. The van der Waals surface area contributed by atoms with Gasteiger partial charge in [-0.1, -0.05) is 6.07 Å². The zero-order valence-electron chi connectivity index (χ0n) is 7.79. The molecule has 0 saturated heterocycles. The number of aromatic hydroxyl groups is 1. The van der Waals surface area contributed by atoms with E-state index in [-0.39, 0.29) is 0 Å². The van der Waals surface area contributed by atoms with Crippen molar-refractivity contribution in [3.63, 3.8) is 0 Å². The lowest BCUT2D eigenvalue weighted by molar-refractivity contribution is 0.462. The predicted octanol–water partition coefficient (Wildman–Crippen LogP) is 3.07. The molecule has 0 atom stereocenters. The lowest BCUT2D eigenvalue weighted by Crippen LogP contribution is -1.87. The second-order valence-corrected chi connectivity index (χ2v) is 4.50. The van der Waals surface area contributed by atoms with Gasteiger partial charge in [-0.3, -0.25) is 0 Å². The van der Waals surface area contributed by atoms with E-state index in [2.05, 4.69) is 6.07 Å². The third-order valence-corrected chi connectivity index (χ3v) is 3.23. The summed E-state index contributed by atoms with van der Waals surface area (Å²) in [6.45, 7) is 0. The number of phenols is 1. The van der Waals surface area contributed by atoms with Gasteiger partial charge in [-0.25, -0.2) is 0 Å². The Balaban J connectivity index is 2.16. The minimum Gasteiger partial charge on any atom is -0.507 e. The Hall–Kier alpha value is -0.630. The Bertz CT molecular complexity index is 305. The molecule has 0 heterocycles. The predicted molar refractivity (Wildman–Crippen MR) is 56.3 cm³/mol. The monoisotopic (exact) mass is 194 g/mol. The average molecular weight is 194 g/mol. The van der Waals surface area contributed by atoms with E-state index in [1.54, 1.807) is 11.8 Å². The second-order valence-electron chi connectivity index (χ2n) is 3.65. The third-order valence-electron chi connectivity index (χ3n) is 2.47. The maximum atomic E-state index is 9.46. The summed E-state index contributed by atoms with van der Waals surface area (Å²) in [6.07, 6.45) is 5.95. The van der Waals surface area contributed by atoms with E-state index in [1.807, 2.05) is 18.4 Å². The summed E-state index contributed by atoms with van der Waals surface area (Å²) in [6, 6.07) is 5.95. The van der Waals surface area contributed by atoms with Crippen molar-refractivity contribution in [1.82, 2.24) is 0 Å². The van der Waals surface area contributed by atoms with E-state index < -0.39 is 0 Å². The normalized spacial score (nSPS) is 16.1. The molecule has 0 aromatic heterocycles. The number of hydrogen-bond acceptors (Lipinski definition) is 2. The summed E-state index contributed by atoms with van der Waals surface area (Å²) in [5.74, 6) is 1.33. The molecule has 1 aliphatic carbocycles. The molecular formula is C11H14OS. The molecular weight excluding hydrogens is 180 g/mol. The van der Waals surface area contributed by atoms with E-state index in [1.165, 1.54) is 24.8 Å². The smallest absolute Gasteiger partial charge is 0.129 e. The Kier molecular flexibility index (Phi) is 2.49. The van der Waals surface area contributed by atoms with Crippen molar-refractivity contribution in [2.45, 2.75) is 24.2 Å². The first kappa shape index (κ1) is 8.95. The summed E-state index contributed by atoms with van der Waals surface area (Å²) in [5, 5.41) is 9.46. The first-order chi connectivity index (χ1) is 6.29. The van der Waals surface area contributed by atoms with Crippen molar-refractivity contribution in [3.05, 3.63) is 23.8 Å². The Labute approximate surface area is 83.2 Å². The minimum atomic E-state index is 0.409. The van der Waals surface area contributed by atoms with E-state index in [0.29, 0.717) is 5.75 Å². The molecule has 0 bridgehead atoms. The maximum Gasteiger partial charge on any atom is 0.129 e. The Morgan fingerprint density at radius 3 is 2.85 bits per heavy atom. The van der Waals surface area contributed by atoms with Gasteiger partial charge in [-0.15, -0.1) is 11.8 Å². The molecule has 70 valence electrons. The highest BCUT2D eigenvalue weighted by Gasteiger charge is 2.21. The van der Waals surface area contributed by atoms with Crippen molar-refractivity contribution >= 4 is 11.8 Å². The summed E-state index contributed by atoms with van der Waals surface area (Å²) in [7, 11) is 0. The molecule has 1 aromatic carbocycles.